The average molecular weight is 319 g/mol. The summed E-state index contributed by atoms with van der Waals surface area (Å²) >= 11 is 0. The summed E-state index contributed by atoms with van der Waals surface area (Å²) in [5.74, 6) is -0.627. The largest absolute Gasteiger partial charge is 0.392 e. The van der Waals surface area contributed by atoms with Crippen molar-refractivity contribution in [2.24, 2.45) is 0 Å². The Morgan fingerprint density at radius 1 is 1.05 bits per heavy atom. The number of nitrogens with one attached hydrogen (secondary N) is 1. The smallest absolute Gasteiger partial charge is 0.225 e. The van der Waals surface area contributed by atoms with Crippen LogP contribution in [-0.4, -0.2) is 25.2 Å². The number of rotatable bonds is 6. The van der Waals surface area contributed by atoms with E-state index in [9.17, 15) is 13.2 Å². The minimum Gasteiger partial charge on any atom is -0.392 e. The molecular weight excluding hydrogens is 302 g/mol. The van der Waals surface area contributed by atoms with Gasteiger partial charge in [-0.1, -0.05) is 30.3 Å². The van der Waals surface area contributed by atoms with E-state index in [1.807, 2.05) is 0 Å². The minimum atomic E-state index is -3.46. The van der Waals surface area contributed by atoms with Crippen LogP contribution in [0.2, 0.25) is 0 Å². The zero-order valence-corrected chi connectivity index (χ0v) is 12.7. The fraction of sp³-hybridized carbons (Fsp3) is 0.188. The molecule has 0 aliphatic carbocycles. The Morgan fingerprint density at radius 3 is 2.45 bits per heavy atom. The zero-order valence-electron chi connectivity index (χ0n) is 11.9. The van der Waals surface area contributed by atoms with Gasteiger partial charge in [-0.2, -0.15) is 0 Å². The van der Waals surface area contributed by atoms with Crippen molar-refractivity contribution in [2.45, 2.75) is 17.9 Å². The van der Waals surface area contributed by atoms with E-state index in [1.165, 1.54) is 12.1 Å². The molecule has 0 saturated heterocycles. The highest BCUT2D eigenvalue weighted by Crippen LogP contribution is 2.13. The van der Waals surface area contributed by atoms with E-state index in [0.29, 0.717) is 11.3 Å². The lowest BCUT2D eigenvalue weighted by atomic mass is 10.2. The first kappa shape index (κ1) is 16.2. The number of sulfone groups is 1. The number of anilines is 1. The Morgan fingerprint density at radius 2 is 1.77 bits per heavy atom. The molecule has 6 heteroatoms. The molecule has 2 N–H and O–H groups in total. The van der Waals surface area contributed by atoms with E-state index in [2.05, 4.69) is 5.32 Å². The highest BCUT2D eigenvalue weighted by atomic mass is 32.2. The van der Waals surface area contributed by atoms with Gasteiger partial charge in [0.05, 0.1) is 17.3 Å². The standard InChI is InChI=1S/C16H17NO4S/c18-12-13-5-4-6-14(11-13)17-16(19)9-10-22(20,21)15-7-2-1-3-8-15/h1-8,11,18H,9-10,12H2,(H,17,19). The molecule has 116 valence electrons. The molecule has 0 heterocycles. The third kappa shape index (κ3) is 4.41. The summed E-state index contributed by atoms with van der Waals surface area (Å²) in [4.78, 5) is 12.1. The van der Waals surface area contributed by atoms with Crippen LogP contribution >= 0.6 is 0 Å². The van der Waals surface area contributed by atoms with Gasteiger partial charge in [-0.15, -0.1) is 0 Å². The second kappa shape index (κ2) is 7.20. The van der Waals surface area contributed by atoms with Gasteiger partial charge >= 0.3 is 0 Å². The van der Waals surface area contributed by atoms with Crippen LogP contribution in [0.5, 0.6) is 0 Å². The highest BCUT2D eigenvalue weighted by Gasteiger charge is 2.16. The molecule has 0 bridgehead atoms. The SMILES string of the molecule is O=C(CCS(=O)(=O)c1ccccc1)Nc1cccc(CO)c1. The van der Waals surface area contributed by atoms with Crippen LogP contribution in [0, 0.1) is 0 Å². The molecule has 2 aromatic carbocycles. The zero-order chi connectivity index (χ0) is 16.0. The lowest BCUT2D eigenvalue weighted by Gasteiger charge is -2.07. The van der Waals surface area contributed by atoms with Crippen LogP contribution in [-0.2, 0) is 21.2 Å². The summed E-state index contributed by atoms with van der Waals surface area (Å²) in [7, 11) is -3.46. The monoisotopic (exact) mass is 319 g/mol. The van der Waals surface area contributed by atoms with E-state index in [4.69, 9.17) is 5.11 Å². The number of amides is 1. The minimum absolute atomic E-state index is 0.119. The number of carbonyl (C=O) groups is 1. The number of hydrogen-bond acceptors (Lipinski definition) is 4. The van der Waals surface area contributed by atoms with Crippen LogP contribution < -0.4 is 5.32 Å². The average Bonchev–Trinajstić information content (AvgIpc) is 2.54. The normalized spacial score (nSPS) is 11.1. The molecule has 0 aromatic heterocycles. The number of benzene rings is 2. The molecule has 1 amide bonds. The third-order valence-electron chi connectivity index (χ3n) is 3.09. The van der Waals surface area contributed by atoms with Gasteiger partial charge in [-0.05, 0) is 29.8 Å². The van der Waals surface area contributed by atoms with E-state index in [1.54, 1.807) is 42.5 Å². The fourth-order valence-electron chi connectivity index (χ4n) is 1.94. The summed E-state index contributed by atoms with van der Waals surface area (Å²) < 4.78 is 24.2. The quantitative estimate of drug-likeness (QED) is 0.853. The van der Waals surface area contributed by atoms with E-state index < -0.39 is 9.84 Å². The van der Waals surface area contributed by atoms with Gasteiger partial charge < -0.3 is 10.4 Å². The molecule has 2 aromatic rings. The first-order chi connectivity index (χ1) is 10.5. The Hall–Kier alpha value is -2.18. The molecule has 0 fully saturated rings. The van der Waals surface area contributed by atoms with Gasteiger partial charge in [0.25, 0.3) is 0 Å². The van der Waals surface area contributed by atoms with Crippen LogP contribution in [0.15, 0.2) is 59.5 Å². The molecular formula is C16H17NO4S. The molecule has 0 atom stereocenters. The Kier molecular flexibility index (Phi) is 5.30. The Bertz CT molecular complexity index is 742. The third-order valence-corrected chi connectivity index (χ3v) is 4.83. The summed E-state index contributed by atoms with van der Waals surface area (Å²) in [5.41, 5.74) is 1.21. The van der Waals surface area contributed by atoms with Gasteiger partial charge in [0.1, 0.15) is 0 Å². The van der Waals surface area contributed by atoms with Crippen molar-refractivity contribution in [3.8, 4) is 0 Å². The van der Waals surface area contributed by atoms with Crippen molar-refractivity contribution in [3.05, 3.63) is 60.2 Å². The number of carbonyl (C=O) groups excluding carboxylic acids is 1. The van der Waals surface area contributed by atoms with Crippen LogP contribution in [0.4, 0.5) is 5.69 Å². The molecule has 0 saturated carbocycles. The van der Waals surface area contributed by atoms with Gasteiger partial charge in [0, 0.05) is 12.1 Å². The molecule has 0 aliphatic heterocycles. The Balaban J connectivity index is 1.95. The maximum absolute atomic E-state index is 12.1. The predicted molar refractivity (Wildman–Crippen MR) is 84.1 cm³/mol. The van der Waals surface area contributed by atoms with Crippen molar-refractivity contribution in [1.29, 1.82) is 0 Å². The molecule has 5 nitrogen and oxygen atoms in total. The maximum Gasteiger partial charge on any atom is 0.225 e. The fourth-order valence-corrected chi connectivity index (χ4v) is 3.21. The molecule has 0 unspecified atom stereocenters. The van der Waals surface area contributed by atoms with Crippen LogP contribution in [0.25, 0.3) is 0 Å². The van der Waals surface area contributed by atoms with E-state index in [-0.39, 0.29) is 29.6 Å². The molecule has 0 spiro atoms. The van der Waals surface area contributed by atoms with Crippen molar-refractivity contribution >= 4 is 21.4 Å². The number of aliphatic hydroxyl groups is 1. The predicted octanol–water partition coefficient (Wildman–Crippen LogP) is 1.98. The first-order valence-corrected chi connectivity index (χ1v) is 8.44. The van der Waals surface area contributed by atoms with Crippen LogP contribution in [0.1, 0.15) is 12.0 Å². The molecule has 22 heavy (non-hydrogen) atoms. The lowest BCUT2D eigenvalue weighted by Crippen LogP contribution is -2.17. The Labute approximate surface area is 129 Å². The van der Waals surface area contributed by atoms with Crippen molar-refractivity contribution in [3.63, 3.8) is 0 Å². The second-order valence-electron chi connectivity index (χ2n) is 4.79. The van der Waals surface area contributed by atoms with Crippen LogP contribution in [0.3, 0.4) is 0 Å². The molecule has 2 rings (SSSR count). The van der Waals surface area contributed by atoms with Gasteiger partial charge in [0.2, 0.25) is 5.91 Å². The summed E-state index contributed by atoms with van der Waals surface area (Å²) in [6, 6.07) is 14.8. The van der Waals surface area contributed by atoms with Gasteiger partial charge in [-0.3, -0.25) is 4.79 Å². The topological polar surface area (TPSA) is 83.5 Å². The maximum atomic E-state index is 12.1. The van der Waals surface area contributed by atoms with E-state index in [0.717, 1.165) is 0 Å². The summed E-state index contributed by atoms with van der Waals surface area (Å²) in [6.45, 7) is -0.119. The second-order valence-corrected chi connectivity index (χ2v) is 6.90. The van der Waals surface area contributed by atoms with Crippen molar-refractivity contribution < 1.29 is 18.3 Å². The van der Waals surface area contributed by atoms with Gasteiger partial charge in [-0.25, -0.2) is 8.42 Å². The molecule has 0 radical (unpaired) electrons. The number of hydrogen-bond donors (Lipinski definition) is 2. The first-order valence-electron chi connectivity index (χ1n) is 6.79. The summed E-state index contributed by atoms with van der Waals surface area (Å²) in [6.07, 6.45) is -0.124. The summed E-state index contributed by atoms with van der Waals surface area (Å²) in [5, 5.41) is 11.7. The van der Waals surface area contributed by atoms with Gasteiger partial charge in [0.15, 0.2) is 9.84 Å². The van der Waals surface area contributed by atoms with Crippen molar-refractivity contribution in [2.75, 3.05) is 11.1 Å². The highest BCUT2D eigenvalue weighted by molar-refractivity contribution is 7.91. The number of aliphatic hydroxyl groups excluding tert-OH is 1. The molecule has 0 aliphatic rings. The van der Waals surface area contributed by atoms with E-state index >= 15 is 0 Å². The lowest BCUT2D eigenvalue weighted by molar-refractivity contribution is -0.115. The van der Waals surface area contributed by atoms with Crippen molar-refractivity contribution in [1.82, 2.24) is 0 Å².